The van der Waals surface area contributed by atoms with Gasteiger partial charge in [0.15, 0.2) is 0 Å². The highest BCUT2D eigenvalue weighted by Gasteiger charge is 2.21. The molecule has 0 amide bonds. The highest BCUT2D eigenvalue weighted by atomic mass is 19.1. The Morgan fingerprint density at radius 1 is 1.35 bits per heavy atom. The average molecular weight is 317 g/mol. The fraction of sp³-hybridized carbons (Fsp3) is 0.316. The minimum atomic E-state index is -0.382. The largest absolute Gasteiger partial charge is 0.497 e. The SMILES string of the molecule is C=C(OC)C(=C(/C)CC)/C(=C\N=C/C)c1c(F)cccc1OC. The third-order valence-corrected chi connectivity index (χ3v) is 3.57. The molecule has 0 aliphatic carbocycles. The van der Waals surface area contributed by atoms with Crippen LogP contribution in [-0.4, -0.2) is 20.4 Å². The number of ether oxygens (including phenoxy) is 2. The number of aliphatic imine (C=N–C) groups is 1. The summed E-state index contributed by atoms with van der Waals surface area (Å²) in [5, 5.41) is 0. The highest BCUT2D eigenvalue weighted by Crippen LogP contribution is 2.38. The number of rotatable bonds is 7. The van der Waals surface area contributed by atoms with Crippen LogP contribution in [0, 0.1) is 5.82 Å². The van der Waals surface area contributed by atoms with E-state index < -0.39 is 0 Å². The normalized spacial score (nSPS) is 13.0. The van der Waals surface area contributed by atoms with Crippen molar-refractivity contribution in [3.05, 3.63) is 59.3 Å². The molecule has 1 rings (SSSR count). The lowest BCUT2D eigenvalue weighted by atomic mass is 9.91. The van der Waals surface area contributed by atoms with Gasteiger partial charge in [-0.25, -0.2) is 4.39 Å². The van der Waals surface area contributed by atoms with Gasteiger partial charge in [0, 0.05) is 23.6 Å². The van der Waals surface area contributed by atoms with Gasteiger partial charge in [-0.05, 0) is 32.4 Å². The molecule has 1 aromatic carbocycles. The van der Waals surface area contributed by atoms with E-state index in [0.29, 0.717) is 22.6 Å². The number of hydrogen-bond donors (Lipinski definition) is 0. The molecule has 0 aromatic heterocycles. The van der Waals surface area contributed by atoms with E-state index in [1.54, 1.807) is 38.6 Å². The molecule has 1 aromatic rings. The summed E-state index contributed by atoms with van der Waals surface area (Å²) in [7, 11) is 3.06. The van der Waals surface area contributed by atoms with Crippen LogP contribution in [0.3, 0.4) is 0 Å². The summed E-state index contributed by atoms with van der Waals surface area (Å²) >= 11 is 0. The molecule has 3 nitrogen and oxygen atoms in total. The molecule has 0 aliphatic heterocycles. The predicted octanol–water partition coefficient (Wildman–Crippen LogP) is 5.15. The first-order valence-electron chi connectivity index (χ1n) is 7.45. The molecule has 0 fully saturated rings. The lowest BCUT2D eigenvalue weighted by molar-refractivity contribution is 0.304. The average Bonchev–Trinajstić information content (AvgIpc) is 2.57. The summed E-state index contributed by atoms with van der Waals surface area (Å²) in [6.07, 6.45) is 4.03. The van der Waals surface area contributed by atoms with Crippen molar-refractivity contribution in [1.29, 1.82) is 0 Å². The number of benzene rings is 1. The summed E-state index contributed by atoms with van der Waals surface area (Å²) in [5.74, 6) is 0.521. The third-order valence-electron chi connectivity index (χ3n) is 3.57. The van der Waals surface area contributed by atoms with Crippen molar-refractivity contribution in [2.45, 2.75) is 27.2 Å². The molecule has 0 heterocycles. The summed E-state index contributed by atoms with van der Waals surface area (Å²) in [6, 6.07) is 4.73. The third kappa shape index (κ3) is 4.31. The van der Waals surface area contributed by atoms with Gasteiger partial charge in [0.1, 0.15) is 17.3 Å². The maximum Gasteiger partial charge on any atom is 0.134 e. The summed E-state index contributed by atoms with van der Waals surface area (Å²) < 4.78 is 25.2. The number of hydrogen-bond acceptors (Lipinski definition) is 3. The van der Waals surface area contributed by atoms with Crippen molar-refractivity contribution in [2.75, 3.05) is 14.2 Å². The second-order valence-corrected chi connectivity index (χ2v) is 4.90. The van der Waals surface area contributed by atoms with Gasteiger partial charge in [-0.3, -0.25) is 4.99 Å². The highest BCUT2D eigenvalue weighted by molar-refractivity contribution is 5.86. The molecule has 0 atom stereocenters. The Bertz CT molecular complexity index is 657. The van der Waals surface area contributed by atoms with Crippen LogP contribution in [0.5, 0.6) is 5.75 Å². The van der Waals surface area contributed by atoms with Gasteiger partial charge in [-0.1, -0.05) is 25.1 Å². The number of halogens is 1. The second-order valence-electron chi connectivity index (χ2n) is 4.90. The Morgan fingerprint density at radius 3 is 2.57 bits per heavy atom. The maximum atomic E-state index is 14.5. The molecule has 0 radical (unpaired) electrons. The molecule has 0 saturated carbocycles. The van der Waals surface area contributed by atoms with Crippen LogP contribution >= 0.6 is 0 Å². The number of allylic oxidation sites excluding steroid dienone is 2. The van der Waals surface area contributed by atoms with Crippen LogP contribution in [0.15, 0.2) is 52.9 Å². The quantitative estimate of drug-likeness (QED) is 0.395. The first-order chi connectivity index (χ1) is 11.0. The van der Waals surface area contributed by atoms with Crippen LogP contribution in [0.1, 0.15) is 32.8 Å². The number of methoxy groups -OCH3 is 2. The zero-order valence-corrected chi connectivity index (χ0v) is 14.4. The van der Waals surface area contributed by atoms with E-state index in [1.807, 2.05) is 13.8 Å². The van der Waals surface area contributed by atoms with Gasteiger partial charge < -0.3 is 9.47 Å². The molecule has 0 N–H and O–H groups in total. The van der Waals surface area contributed by atoms with Crippen molar-refractivity contribution in [3.63, 3.8) is 0 Å². The number of nitrogens with zero attached hydrogens (tertiary/aromatic N) is 1. The molecule has 0 saturated heterocycles. The van der Waals surface area contributed by atoms with Crippen LogP contribution in [-0.2, 0) is 4.74 Å². The summed E-state index contributed by atoms with van der Waals surface area (Å²) in [4.78, 5) is 4.18. The van der Waals surface area contributed by atoms with Gasteiger partial charge in [0.05, 0.1) is 19.8 Å². The standard InChI is InChI=1S/C19H24FNO2/c1-7-13(3)18(14(4)22-5)15(12-21-8-2)19-16(20)10-9-11-17(19)23-6/h8-12H,4,7H2,1-3,5-6H3/b15-12+,18-13+,21-8-. The van der Waals surface area contributed by atoms with E-state index in [4.69, 9.17) is 9.47 Å². The van der Waals surface area contributed by atoms with Crippen LogP contribution in [0.4, 0.5) is 4.39 Å². The molecule has 4 heteroatoms. The van der Waals surface area contributed by atoms with E-state index in [-0.39, 0.29) is 5.82 Å². The Labute approximate surface area is 137 Å². The van der Waals surface area contributed by atoms with E-state index >= 15 is 0 Å². The van der Waals surface area contributed by atoms with Crippen molar-refractivity contribution in [3.8, 4) is 5.75 Å². The molecule has 0 spiro atoms. The molecular formula is C19H24FNO2. The maximum absolute atomic E-state index is 14.5. The van der Waals surface area contributed by atoms with Gasteiger partial charge in [-0.2, -0.15) is 0 Å². The predicted molar refractivity (Wildman–Crippen MR) is 94.2 cm³/mol. The molecule has 0 unspecified atom stereocenters. The molecular weight excluding hydrogens is 293 g/mol. The fourth-order valence-corrected chi connectivity index (χ4v) is 2.24. The van der Waals surface area contributed by atoms with Crippen LogP contribution in [0.2, 0.25) is 0 Å². The lowest BCUT2D eigenvalue weighted by Crippen LogP contribution is -2.03. The van der Waals surface area contributed by atoms with Crippen molar-refractivity contribution >= 4 is 11.8 Å². The van der Waals surface area contributed by atoms with Crippen LogP contribution in [0.25, 0.3) is 5.57 Å². The minimum absolute atomic E-state index is 0.349. The fourth-order valence-electron chi connectivity index (χ4n) is 2.24. The van der Waals surface area contributed by atoms with Crippen molar-refractivity contribution in [2.24, 2.45) is 4.99 Å². The Hall–Kier alpha value is -2.36. The topological polar surface area (TPSA) is 30.8 Å². The van der Waals surface area contributed by atoms with Crippen molar-refractivity contribution < 1.29 is 13.9 Å². The lowest BCUT2D eigenvalue weighted by Gasteiger charge is -2.19. The zero-order valence-electron chi connectivity index (χ0n) is 14.4. The summed E-state index contributed by atoms with van der Waals surface area (Å²) in [5.41, 5.74) is 2.70. The van der Waals surface area contributed by atoms with Gasteiger partial charge >= 0.3 is 0 Å². The molecule has 0 bridgehead atoms. The Kier molecular flexibility index (Phi) is 7.26. The van der Waals surface area contributed by atoms with Crippen molar-refractivity contribution in [1.82, 2.24) is 0 Å². The molecule has 23 heavy (non-hydrogen) atoms. The van der Waals surface area contributed by atoms with Crippen LogP contribution < -0.4 is 4.74 Å². The monoisotopic (exact) mass is 317 g/mol. The van der Waals surface area contributed by atoms with E-state index in [1.165, 1.54) is 13.2 Å². The van der Waals surface area contributed by atoms with E-state index in [0.717, 1.165) is 17.6 Å². The van der Waals surface area contributed by atoms with E-state index in [2.05, 4.69) is 11.6 Å². The summed E-state index contributed by atoms with van der Waals surface area (Å²) in [6.45, 7) is 9.74. The Morgan fingerprint density at radius 2 is 2.04 bits per heavy atom. The minimum Gasteiger partial charge on any atom is -0.497 e. The smallest absolute Gasteiger partial charge is 0.134 e. The van der Waals surface area contributed by atoms with Gasteiger partial charge in [0.2, 0.25) is 0 Å². The zero-order chi connectivity index (χ0) is 17.4. The molecule has 124 valence electrons. The van der Waals surface area contributed by atoms with Gasteiger partial charge in [0.25, 0.3) is 0 Å². The Balaban J connectivity index is 3.75. The first-order valence-corrected chi connectivity index (χ1v) is 7.45. The first kappa shape index (κ1) is 18.7. The van der Waals surface area contributed by atoms with E-state index in [9.17, 15) is 4.39 Å². The molecule has 0 aliphatic rings. The second kappa shape index (κ2) is 8.93. The van der Waals surface area contributed by atoms with Gasteiger partial charge in [-0.15, -0.1) is 0 Å².